The zero-order chi connectivity index (χ0) is 12.4. The predicted molar refractivity (Wildman–Crippen MR) is 74.5 cm³/mol. The van der Waals surface area contributed by atoms with E-state index in [0.717, 1.165) is 19.6 Å². The van der Waals surface area contributed by atoms with Gasteiger partial charge in [0, 0.05) is 51.4 Å². The van der Waals surface area contributed by atoms with E-state index in [2.05, 4.69) is 52.4 Å². The van der Waals surface area contributed by atoms with Gasteiger partial charge in [0.25, 0.3) is 0 Å². The van der Waals surface area contributed by atoms with E-state index in [-0.39, 0.29) is 0 Å². The van der Waals surface area contributed by atoms with Crippen molar-refractivity contribution in [3.8, 4) is 0 Å². The first-order valence-corrected chi connectivity index (χ1v) is 7.05. The third-order valence-electron chi connectivity index (χ3n) is 4.20. The van der Waals surface area contributed by atoms with Gasteiger partial charge in [0.2, 0.25) is 0 Å². The molecule has 0 aliphatic carbocycles. The number of rotatable bonds is 2. The van der Waals surface area contributed by atoms with Crippen LogP contribution in [0.2, 0.25) is 0 Å². The molecule has 2 atom stereocenters. The molecule has 2 heterocycles. The second kappa shape index (κ2) is 5.39. The predicted octanol–water partition coefficient (Wildman–Crippen LogP) is 1.16. The monoisotopic (exact) mass is 245 g/mol. The molecule has 2 aliphatic rings. The summed E-state index contributed by atoms with van der Waals surface area (Å²) in [5.41, 5.74) is 1.43. The van der Waals surface area contributed by atoms with Gasteiger partial charge in [-0.15, -0.1) is 0 Å². The van der Waals surface area contributed by atoms with Crippen molar-refractivity contribution in [1.82, 2.24) is 15.1 Å². The van der Waals surface area contributed by atoms with E-state index in [9.17, 15) is 0 Å². The Morgan fingerprint density at radius 2 is 2.06 bits per heavy atom. The molecule has 0 saturated carbocycles. The highest BCUT2D eigenvalue weighted by Gasteiger charge is 2.33. The van der Waals surface area contributed by atoms with Crippen LogP contribution in [0.25, 0.3) is 0 Å². The summed E-state index contributed by atoms with van der Waals surface area (Å²) in [5.74, 6) is 0. The summed E-state index contributed by atoms with van der Waals surface area (Å²) in [6.45, 7) is 9.38. The molecule has 3 rings (SSSR count). The summed E-state index contributed by atoms with van der Waals surface area (Å²) in [6, 6.07) is 12.2. The molecule has 0 radical (unpaired) electrons. The maximum atomic E-state index is 3.52. The van der Waals surface area contributed by atoms with Gasteiger partial charge >= 0.3 is 0 Å². The third kappa shape index (κ3) is 2.58. The highest BCUT2D eigenvalue weighted by atomic mass is 15.3. The van der Waals surface area contributed by atoms with Gasteiger partial charge in [-0.05, 0) is 12.5 Å². The smallest absolute Gasteiger partial charge is 0.0351 e. The van der Waals surface area contributed by atoms with Crippen LogP contribution in [-0.2, 0) is 6.54 Å². The quantitative estimate of drug-likeness (QED) is 0.843. The highest BCUT2D eigenvalue weighted by molar-refractivity contribution is 5.14. The first-order valence-electron chi connectivity index (χ1n) is 7.05. The van der Waals surface area contributed by atoms with Gasteiger partial charge < -0.3 is 5.32 Å². The van der Waals surface area contributed by atoms with Crippen molar-refractivity contribution in [3.63, 3.8) is 0 Å². The molecule has 0 bridgehead atoms. The molecule has 1 unspecified atom stereocenters. The van der Waals surface area contributed by atoms with Crippen LogP contribution >= 0.6 is 0 Å². The number of nitrogens with zero attached hydrogens (tertiary/aromatic N) is 2. The van der Waals surface area contributed by atoms with Gasteiger partial charge in [0.15, 0.2) is 0 Å². The van der Waals surface area contributed by atoms with Crippen LogP contribution in [0.15, 0.2) is 30.3 Å². The van der Waals surface area contributed by atoms with E-state index in [1.165, 1.54) is 25.2 Å². The zero-order valence-electron chi connectivity index (χ0n) is 11.2. The van der Waals surface area contributed by atoms with Crippen molar-refractivity contribution in [2.24, 2.45) is 0 Å². The van der Waals surface area contributed by atoms with E-state index in [0.29, 0.717) is 12.1 Å². The minimum atomic E-state index is 0.689. The molecular weight excluding hydrogens is 222 g/mol. The molecule has 98 valence electrons. The SMILES string of the molecule is C[C@@H]1CN(Cc2ccccc2)CC2CNCCN21. The number of hydrogen-bond donors (Lipinski definition) is 1. The third-order valence-corrected chi connectivity index (χ3v) is 4.20. The van der Waals surface area contributed by atoms with Crippen LogP contribution < -0.4 is 5.32 Å². The fraction of sp³-hybridized carbons (Fsp3) is 0.600. The van der Waals surface area contributed by atoms with E-state index in [4.69, 9.17) is 0 Å². The summed E-state index contributed by atoms with van der Waals surface area (Å²) in [7, 11) is 0. The number of nitrogens with one attached hydrogen (secondary N) is 1. The Morgan fingerprint density at radius 3 is 2.89 bits per heavy atom. The van der Waals surface area contributed by atoms with Gasteiger partial charge in [-0.2, -0.15) is 0 Å². The average Bonchev–Trinajstić information content (AvgIpc) is 2.40. The standard InChI is InChI=1S/C15H23N3/c1-13-10-17(11-14-5-3-2-4-6-14)12-15-9-16-7-8-18(13)15/h2-6,13,15-16H,7-12H2,1H3/t13-,15?/m1/s1. The van der Waals surface area contributed by atoms with Crippen LogP contribution in [0.5, 0.6) is 0 Å². The van der Waals surface area contributed by atoms with Gasteiger partial charge in [-0.25, -0.2) is 0 Å². The summed E-state index contributed by atoms with van der Waals surface area (Å²) in [5, 5.41) is 3.52. The lowest BCUT2D eigenvalue weighted by Gasteiger charge is -2.48. The maximum Gasteiger partial charge on any atom is 0.0351 e. The number of piperazine rings is 2. The fourth-order valence-electron chi connectivity index (χ4n) is 3.35. The Bertz CT molecular complexity index is 379. The highest BCUT2D eigenvalue weighted by Crippen LogP contribution is 2.18. The number of fused-ring (bicyclic) bond motifs is 1. The molecule has 2 saturated heterocycles. The molecule has 18 heavy (non-hydrogen) atoms. The van der Waals surface area contributed by atoms with E-state index >= 15 is 0 Å². The molecule has 0 amide bonds. The average molecular weight is 245 g/mol. The van der Waals surface area contributed by atoms with E-state index in [1.807, 2.05) is 0 Å². The Hall–Kier alpha value is -0.900. The summed E-state index contributed by atoms with van der Waals surface area (Å²) < 4.78 is 0. The molecule has 0 spiro atoms. The summed E-state index contributed by atoms with van der Waals surface area (Å²) in [6.07, 6.45) is 0. The summed E-state index contributed by atoms with van der Waals surface area (Å²) in [4.78, 5) is 5.28. The normalized spacial score (nSPS) is 30.1. The molecule has 3 nitrogen and oxygen atoms in total. The first kappa shape index (κ1) is 12.2. The lowest BCUT2D eigenvalue weighted by Crippen LogP contribution is -2.64. The maximum absolute atomic E-state index is 3.52. The number of hydrogen-bond acceptors (Lipinski definition) is 3. The van der Waals surface area contributed by atoms with Crippen molar-refractivity contribution in [1.29, 1.82) is 0 Å². The Kier molecular flexibility index (Phi) is 3.64. The zero-order valence-corrected chi connectivity index (χ0v) is 11.2. The van der Waals surface area contributed by atoms with Gasteiger partial charge in [-0.1, -0.05) is 30.3 Å². The molecular formula is C15H23N3. The minimum absolute atomic E-state index is 0.689. The van der Waals surface area contributed by atoms with E-state index in [1.54, 1.807) is 0 Å². The minimum Gasteiger partial charge on any atom is -0.314 e. The lowest BCUT2D eigenvalue weighted by atomic mass is 10.0. The van der Waals surface area contributed by atoms with Crippen LogP contribution in [0.3, 0.4) is 0 Å². The molecule has 2 fully saturated rings. The van der Waals surface area contributed by atoms with Gasteiger partial charge in [-0.3, -0.25) is 9.80 Å². The van der Waals surface area contributed by atoms with Crippen LogP contribution in [-0.4, -0.2) is 54.6 Å². The van der Waals surface area contributed by atoms with Crippen LogP contribution in [0.4, 0.5) is 0 Å². The van der Waals surface area contributed by atoms with Gasteiger partial charge in [0.1, 0.15) is 0 Å². The summed E-state index contributed by atoms with van der Waals surface area (Å²) >= 11 is 0. The van der Waals surface area contributed by atoms with Crippen LogP contribution in [0, 0.1) is 0 Å². The number of benzene rings is 1. The van der Waals surface area contributed by atoms with Crippen molar-refractivity contribution >= 4 is 0 Å². The Labute approximate surface area is 110 Å². The fourth-order valence-corrected chi connectivity index (χ4v) is 3.35. The van der Waals surface area contributed by atoms with Crippen molar-refractivity contribution in [2.75, 3.05) is 32.7 Å². The largest absolute Gasteiger partial charge is 0.314 e. The molecule has 0 aromatic heterocycles. The van der Waals surface area contributed by atoms with Crippen molar-refractivity contribution in [2.45, 2.75) is 25.6 Å². The second-order valence-corrected chi connectivity index (χ2v) is 5.62. The molecule has 1 aromatic carbocycles. The van der Waals surface area contributed by atoms with Crippen molar-refractivity contribution < 1.29 is 0 Å². The second-order valence-electron chi connectivity index (χ2n) is 5.62. The molecule has 2 aliphatic heterocycles. The Balaban J connectivity index is 1.64. The van der Waals surface area contributed by atoms with E-state index < -0.39 is 0 Å². The Morgan fingerprint density at radius 1 is 1.22 bits per heavy atom. The topological polar surface area (TPSA) is 18.5 Å². The lowest BCUT2D eigenvalue weighted by molar-refractivity contribution is 0.0135. The van der Waals surface area contributed by atoms with Crippen molar-refractivity contribution in [3.05, 3.63) is 35.9 Å². The molecule has 3 heteroatoms. The van der Waals surface area contributed by atoms with Crippen LogP contribution in [0.1, 0.15) is 12.5 Å². The molecule has 1 aromatic rings. The van der Waals surface area contributed by atoms with Gasteiger partial charge in [0.05, 0.1) is 0 Å². The first-order chi connectivity index (χ1) is 8.83. The molecule has 1 N–H and O–H groups in total.